The highest BCUT2D eigenvalue weighted by Gasteiger charge is 2.16. The molecule has 0 aliphatic heterocycles. The molecular weight excluding hydrogens is 392 g/mol. The van der Waals surface area contributed by atoms with Crippen LogP contribution in [0.25, 0.3) is 10.2 Å². The first-order chi connectivity index (χ1) is 14.1. The molecule has 0 aliphatic carbocycles. The van der Waals surface area contributed by atoms with Crippen molar-refractivity contribution in [3.05, 3.63) is 41.2 Å². The van der Waals surface area contributed by atoms with E-state index in [4.69, 9.17) is 25.4 Å². The van der Waals surface area contributed by atoms with E-state index in [1.807, 2.05) is 0 Å². The van der Waals surface area contributed by atoms with Gasteiger partial charge in [0.15, 0.2) is 11.4 Å². The third-order valence-corrected chi connectivity index (χ3v) is 5.18. The number of aromatic nitrogens is 1. The van der Waals surface area contributed by atoms with E-state index in [0.29, 0.717) is 27.8 Å². The molecule has 0 saturated carbocycles. The lowest BCUT2D eigenvalue weighted by Crippen LogP contribution is -2.19. The third-order valence-electron chi connectivity index (χ3n) is 4.08. The van der Waals surface area contributed by atoms with Crippen LogP contribution in [0.4, 0.5) is 0 Å². The second-order valence-corrected chi connectivity index (χ2v) is 6.77. The normalized spacial score (nSPS) is 11.2. The summed E-state index contributed by atoms with van der Waals surface area (Å²) in [5, 5.41) is 0. The maximum absolute atomic E-state index is 12.4. The van der Waals surface area contributed by atoms with Crippen LogP contribution in [0.5, 0.6) is 23.0 Å². The third kappa shape index (κ3) is 4.36. The Morgan fingerprint density at radius 1 is 1.03 bits per heavy atom. The van der Waals surface area contributed by atoms with Crippen molar-refractivity contribution in [3.8, 4) is 35.3 Å². The molecule has 1 heterocycles. The van der Waals surface area contributed by atoms with Crippen molar-refractivity contribution >= 4 is 27.5 Å². The molecule has 2 aromatic carbocycles. The van der Waals surface area contributed by atoms with E-state index in [-0.39, 0.29) is 13.2 Å². The second-order valence-electron chi connectivity index (χ2n) is 5.79. The first-order valence-electron chi connectivity index (χ1n) is 8.63. The van der Waals surface area contributed by atoms with Crippen LogP contribution in [-0.2, 0) is 11.3 Å². The Hall–Kier alpha value is -3.44. The molecule has 29 heavy (non-hydrogen) atoms. The summed E-state index contributed by atoms with van der Waals surface area (Å²) in [6.45, 7) is 0.0277. The highest BCUT2D eigenvalue weighted by atomic mass is 32.1. The number of benzene rings is 2. The number of methoxy groups -OCH3 is 3. The first kappa shape index (κ1) is 20.3. The average Bonchev–Trinajstić information content (AvgIpc) is 3.10. The summed E-state index contributed by atoms with van der Waals surface area (Å²) < 4.78 is 24.0. The average molecular weight is 412 g/mol. The van der Waals surface area contributed by atoms with Crippen LogP contribution in [0.15, 0.2) is 41.4 Å². The Balaban J connectivity index is 1.94. The lowest BCUT2D eigenvalue weighted by atomic mass is 10.3. The molecule has 150 valence electrons. The smallest absolute Gasteiger partial charge is 0.286 e. The van der Waals surface area contributed by atoms with Crippen molar-refractivity contribution in [2.45, 2.75) is 6.54 Å². The van der Waals surface area contributed by atoms with Gasteiger partial charge in [0.1, 0.15) is 33.2 Å². The van der Waals surface area contributed by atoms with Gasteiger partial charge in [0.25, 0.3) is 5.91 Å². The van der Waals surface area contributed by atoms with Crippen LogP contribution >= 0.6 is 11.3 Å². The minimum Gasteiger partial charge on any atom is -0.497 e. The monoisotopic (exact) mass is 412 g/mol. The van der Waals surface area contributed by atoms with Crippen molar-refractivity contribution in [1.82, 2.24) is 4.57 Å². The van der Waals surface area contributed by atoms with E-state index >= 15 is 0 Å². The lowest BCUT2D eigenvalue weighted by Gasteiger charge is -2.08. The Morgan fingerprint density at radius 2 is 1.69 bits per heavy atom. The molecule has 3 aromatic rings. The van der Waals surface area contributed by atoms with Crippen molar-refractivity contribution in [3.63, 3.8) is 0 Å². The number of nitrogens with zero attached hydrogens (tertiary/aromatic N) is 2. The van der Waals surface area contributed by atoms with Gasteiger partial charge in [-0.3, -0.25) is 4.79 Å². The van der Waals surface area contributed by atoms with Gasteiger partial charge in [0.2, 0.25) is 0 Å². The van der Waals surface area contributed by atoms with E-state index in [1.165, 1.54) is 11.3 Å². The fraction of sp³-hybridized carbons (Fsp3) is 0.238. The molecule has 0 N–H and O–H groups in total. The quantitative estimate of drug-likeness (QED) is 0.558. The molecule has 0 fully saturated rings. The zero-order chi connectivity index (χ0) is 20.8. The first-order valence-corrected chi connectivity index (χ1v) is 9.45. The van der Waals surface area contributed by atoms with E-state index in [1.54, 1.807) is 62.3 Å². The minimum atomic E-state index is -0.434. The summed E-state index contributed by atoms with van der Waals surface area (Å²) in [6, 6.07) is 10.5. The fourth-order valence-electron chi connectivity index (χ4n) is 2.73. The topological polar surface area (TPSA) is 71.3 Å². The maximum atomic E-state index is 12.4. The largest absolute Gasteiger partial charge is 0.497 e. The minimum absolute atomic E-state index is 0.203. The Bertz CT molecular complexity index is 1120. The molecule has 0 bridgehead atoms. The van der Waals surface area contributed by atoms with Crippen LogP contribution in [0, 0.1) is 12.3 Å². The number of rotatable bonds is 7. The van der Waals surface area contributed by atoms with Gasteiger partial charge >= 0.3 is 0 Å². The number of fused-ring (bicyclic) bond motifs is 1. The Kier molecular flexibility index (Phi) is 6.42. The van der Waals surface area contributed by atoms with Gasteiger partial charge in [-0.25, -0.2) is 0 Å². The number of hydrogen-bond donors (Lipinski definition) is 0. The SMILES string of the molecule is C#CCn1c(=NC(=O)COc2ccc(OC)cc2)sc2c(OC)ccc(OC)c21. The number of ether oxygens (including phenoxy) is 4. The van der Waals surface area contributed by atoms with Crippen LogP contribution in [-0.4, -0.2) is 38.4 Å². The number of hydrogen-bond acceptors (Lipinski definition) is 6. The van der Waals surface area contributed by atoms with Crippen LogP contribution in [0.2, 0.25) is 0 Å². The predicted octanol–water partition coefficient (Wildman–Crippen LogP) is 2.87. The summed E-state index contributed by atoms with van der Waals surface area (Å²) in [6.07, 6.45) is 5.53. The lowest BCUT2D eigenvalue weighted by molar-refractivity contribution is -0.120. The summed E-state index contributed by atoms with van der Waals surface area (Å²) >= 11 is 1.30. The Labute approximate surface area is 172 Å². The van der Waals surface area contributed by atoms with Crippen molar-refractivity contribution in [2.24, 2.45) is 4.99 Å². The number of amides is 1. The molecule has 3 rings (SSSR count). The summed E-state index contributed by atoms with van der Waals surface area (Å²) in [5.41, 5.74) is 0.734. The van der Waals surface area contributed by atoms with Gasteiger partial charge in [-0.2, -0.15) is 4.99 Å². The molecule has 0 spiro atoms. The summed E-state index contributed by atoms with van der Waals surface area (Å²) in [5.74, 6) is 4.68. The zero-order valence-electron chi connectivity index (χ0n) is 16.3. The molecule has 0 radical (unpaired) electrons. The highest BCUT2D eigenvalue weighted by molar-refractivity contribution is 7.16. The molecule has 8 heteroatoms. The Morgan fingerprint density at radius 3 is 2.31 bits per heavy atom. The number of thiazole rings is 1. The number of carbonyl (C=O) groups is 1. The number of terminal acetylenes is 1. The van der Waals surface area contributed by atoms with Gasteiger partial charge < -0.3 is 23.5 Å². The van der Waals surface area contributed by atoms with Gasteiger partial charge in [0, 0.05) is 0 Å². The molecular formula is C21H20N2O5S. The molecule has 0 unspecified atom stereocenters. The zero-order valence-corrected chi connectivity index (χ0v) is 17.1. The van der Waals surface area contributed by atoms with Gasteiger partial charge in [-0.15, -0.1) is 6.42 Å². The van der Waals surface area contributed by atoms with Gasteiger partial charge in [-0.1, -0.05) is 17.3 Å². The van der Waals surface area contributed by atoms with Crippen molar-refractivity contribution in [1.29, 1.82) is 0 Å². The van der Waals surface area contributed by atoms with E-state index in [2.05, 4.69) is 10.9 Å². The molecule has 0 aliphatic rings. The standard InChI is InChI=1S/C21H20N2O5S/c1-5-12-23-19-16(26-3)10-11-17(27-4)20(19)29-21(23)22-18(24)13-28-15-8-6-14(25-2)7-9-15/h1,6-11H,12-13H2,2-4H3. The van der Waals surface area contributed by atoms with Crippen LogP contribution in [0.1, 0.15) is 0 Å². The molecule has 7 nitrogen and oxygen atoms in total. The summed E-state index contributed by atoms with van der Waals surface area (Å²) in [4.78, 5) is 17.1. The van der Waals surface area contributed by atoms with Crippen LogP contribution in [0.3, 0.4) is 0 Å². The van der Waals surface area contributed by atoms with Crippen molar-refractivity contribution < 1.29 is 23.7 Å². The van der Waals surface area contributed by atoms with Crippen molar-refractivity contribution in [2.75, 3.05) is 27.9 Å². The van der Waals surface area contributed by atoms with Gasteiger partial charge in [-0.05, 0) is 36.4 Å². The molecule has 1 aromatic heterocycles. The summed E-state index contributed by atoms with van der Waals surface area (Å²) in [7, 11) is 4.74. The molecule has 1 amide bonds. The van der Waals surface area contributed by atoms with E-state index in [0.717, 1.165) is 10.2 Å². The van der Waals surface area contributed by atoms with E-state index < -0.39 is 5.91 Å². The highest BCUT2D eigenvalue weighted by Crippen LogP contribution is 2.35. The fourth-order valence-corrected chi connectivity index (χ4v) is 3.89. The number of carbonyl (C=O) groups excluding carboxylic acids is 1. The maximum Gasteiger partial charge on any atom is 0.286 e. The van der Waals surface area contributed by atoms with E-state index in [9.17, 15) is 4.79 Å². The van der Waals surface area contributed by atoms with Crippen LogP contribution < -0.4 is 23.7 Å². The molecule has 0 saturated heterocycles. The predicted molar refractivity (Wildman–Crippen MR) is 111 cm³/mol. The van der Waals surface area contributed by atoms with Gasteiger partial charge in [0.05, 0.1) is 27.9 Å². The molecule has 0 atom stereocenters. The second kappa shape index (κ2) is 9.17.